The Labute approximate surface area is 212 Å². The number of amides is 1. The summed E-state index contributed by atoms with van der Waals surface area (Å²) in [7, 11) is 0. The highest BCUT2D eigenvalue weighted by Gasteiger charge is 2.38. The number of carboxylic acids is 1. The number of halogens is 3. The number of carbonyl (C=O) groups is 2. The lowest BCUT2D eigenvalue weighted by Gasteiger charge is -2.22. The summed E-state index contributed by atoms with van der Waals surface area (Å²) in [5.41, 5.74) is 8.29. The van der Waals surface area contributed by atoms with Gasteiger partial charge in [0.15, 0.2) is 0 Å². The molecule has 10 nitrogen and oxygen atoms in total. The number of hydrogen-bond acceptors (Lipinski definition) is 8. The predicted molar refractivity (Wildman–Crippen MR) is 126 cm³/mol. The number of H-pyrrole nitrogens is 1. The van der Waals surface area contributed by atoms with E-state index in [0.717, 1.165) is 16.5 Å². The summed E-state index contributed by atoms with van der Waals surface area (Å²) in [6.07, 6.45) is -1.37. The van der Waals surface area contributed by atoms with Crippen LogP contribution in [0.4, 0.5) is 13.2 Å². The van der Waals surface area contributed by atoms with Gasteiger partial charge in [0.05, 0.1) is 18.0 Å². The van der Waals surface area contributed by atoms with Crippen LogP contribution in [-0.2, 0) is 16.0 Å². The number of aromatic amines is 1. The van der Waals surface area contributed by atoms with Gasteiger partial charge in [0.25, 0.3) is 0 Å². The number of nitrogens with two attached hydrogens (primary N) is 1. The van der Waals surface area contributed by atoms with Gasteiger partial charge in [0, 0.05) is 29.0 Å². The van der Waals surface area contributed by atoms with E-state index in [1.165, 1.54) is 0 Å². The van der Waals surface area contributed by atoms with E-state index in [1.807, 2.05) is 18.3 Å². The topological polar surface area (TPSA) is 169 Å². The third-order valence-corrected chi connectivity index (χ3v) is 6.17. The number of carbonyl (C=O) groups excluding carboxylic acids is 1. The van der Waals surface area contributed by atoms with Crippen molar-refractivity contribution in [3.63, 3.8) is 0 Å². The van der Waals surface area contributed by atoms with Crippen LogP contribution in [0.3, 0.4) is 0 Å². The van der Waals surface area contributed by atoms with Gasteiger partial charge in [0.1, 0.15) is 23.4 Å². The fraction of sp³-hybridized carbons (Fsp3) is 0.261. The van der Waals surface area contributed by atoms with Crippen molar-refractivity contribution in [2.75, 3.05) is 11.6 Å². The van der Waals surface area contributed by atoms with Crippen molar-refractivity contribution >= 4 is 34.5 Å². The molecule has 2 aromatic heterocycles. The first kappa shape index (κ1) is 27.3. The molecular weight excluding hydrogens is 513 g/mol. The highest BCUT2D eigenvalue weighted by atomic mass is 32.2. The first-order valence-corrected chi connectivity index (χ1v) is 11.7. The maximum atomic E-state index is 12.7. The molecule has 3 heterocycles. The third kappa shape index (κ3) is 6.69. The van der Waals surface area contributed by atoms with E-state index in [1.54, 1.807) is 41.1 Å². The van der Waals surface area contributed by atoms with Crippen molar-refractivity contribution in [1.29, 1.82) is 10.5 Å². The van der Waals surface area contributed by atoms with E-state index < -0.39 is 24.2 Å². The Morgan fingerprint density at radius 2 is 2.08 bits per heavy atom. The first-order chi connectivity index (χ1) is 17.5. The minimum absolute atomic E-state index is 0.222. The minimum atomic E-state index is -5.08. The fourth-order valence-electron chi connectivity index (χ4n) is 3.36. The van der Waals surface area contributed by atoms with Gasteiger partial charge in [-0.2, -0.15) is 23.7 Å². The molecule has 0 radical (unpaired) electrons. The molecule has 192 valence electrons. The molecule has 3 aromatic rings. The SMILES string of the molecule is N#Cc1cccnc1Oc1ccc2[nH]cc(C[C@H](N)C(=O)N3CSC[C@@H]3C#N)c2c1.O=C(O)C(F)(F)F. The molecule has 4 N–H and O–H groups in total. The lowest BCUT2D eigenvalue weighted by molar-refractivity contribution is -0.192. The number of hydrogen-bond donors (Lipinski definition) is 3. The van der Waals surface area contributed by atoms with Crippen LogP contribution in [0.15, 0.2) is 42.7 Å². The molecule has 1 aliphatic rings. The van der Waals surface area contributed by atoms with Crippen molar-refractivity contribution in [2.45, 2.75) is 24.7 Å². The van der Waals surface area contributed by atoms with Crippen molar-refractivity contribution < 1.29 is 32.6 Å². The number of carboxylic acid groups (broad SMARTS) is 1. The summed E-state index contributed by atoms with van der Waals surface area (Å²) < 4.78 is 37.5. The van der Waals surface area contributed by atoms with Crippen molar-refractivity contribution in [3.8, 4) is 23.8 Å². The molecule has 0 bridgehead atoms. The normalized spacial score (nSPS) is 15.7. The van der Waals surface area contributed by atoms with Crippen LogP contribution >= 0.6 is 11.8 Å². The summed E-state index contributed by atoms with van der Waals surface area (Å²) >= 11 is 1.55. The quantitative estimate of drug-likeness (QED) is 0.447. The number of aromatic nitrogens is 2. The number of ether oxygens (including phenoxy) is 1. The molecule has 4 rings (SSSR count). The summed E-state index contributed by atoms with van der Waals surface area (Å²) in [4.78, 5) is 30.4. The van der Waals surface area contributed by atoms with Crippen molar-refractivity contribution in [1.82, 2.24) is 14.9 Å². The van der Waals surface area contributed by atoms with E-state index in [4.69, 9.17) is 20.4 Å². The van der Waals surface area contributed by atoms with Crippen LogP contribution in [0.1, 0.15) is 11.1 Å². The first-order valence-electron chi connectivity index (χ1n) is 10.5. The number of pyridine rings is 1. The van der Waals surface area contributed by atoms with Gasteiger partial charge < -0.3 is 25.5 Å². The number of alkyl halides is 3. The van der Waals surface area contributed by atoms with E-state index in [2.05, 4.69) is 22.1 Å². The molecule has 1 aromatic carbocycles. The second-order valence-electron chi connectivity index (χ2n) is 7.66. The molecule has 1 amide bonds. The minimum Gasteiger partial charge on any atom is -0.475 e. The van der Waals surface area contributed by atoms with Crippen LogP contribution in [0.25, 0.3) is 10.9 Å². The zero-order valence-corrected chi connectivity index (χ0v) is 19.7. The molecule has 1 aliphatic heterocycles. The Bertz CT molecular complexity index is 1380. The van der Waals surface area contributed by atoms with Gasteiger partial charge in [-0.3, -0.25) is 4.79 Å². The van der Waals surface area contributed by atoms with E-state index in [9.17, 15) is 28.5 Å². The van der Waals surface area contributed by atoms with E-state index >= 15 is 0 Å². The third-order valence-electron chi connectivity index (χ3n) is 5.16. The lowest BCUT2D eigenvalue weighted by Crippen LogP contribution is -2.47. The van der Waals surface area contributed by atoms with Crippen LogP contribution in [0.2, 0.25) is 0 Å². The average molecular weight is 533 g/mol. The molecule has 37 heavy (non-hydrogen) atoms. The zero-order chi connectivity index (χ0) is 27.2. The molecule has 14 heteroatoms. The summed E-state index contributed by atoms with van der Waals surface area (Å²) in [6, 6.07) is 11.8. The highest BCUT2D eigenvalue weighted by molar-refractivity contribution is 7.99. The van der Waals surface area contributed by atoms with Gasteiger partial charge in [-0.1, -0.05) is 0 Å². The maximum Gasteiger partial charge on any atom is 0.490 e. The number of aliphatic carboxylic acids is 1. The molecule has 1 saturated heterocycles. The Morgan fingerprint density at radius 3 is 2.73 bits per heavy atom. The second-order valence-corrected chi connectivity index (χ2v) is 8.66. The number of thioether (sulfide) groups is 1. The van der Waals surface area contributed by atoms with Gasteiger partial charge in [-0.15, -0.1) is 11.8 Å². The predicted octanol–water partition coefficient (Wildman–Crippen LogP) is 3.16. The molecule has 2 atom stereocenters. The highest BCUT2D eigenvalue weighted by Crippen LogP contribution is 2.29. The largest absolute Gasteiger partial charge is 0.490 e. The molecule has 1 fully saturated rings. The molecule has 0 aliphatic carbocycles. The molecular formula is C23H19F3N6O4S. The monoisotopic (exact) mass is 532 g/mol. The number of fused-ring (bicyclic) bond motifs is 1. The van der Waals surface area contributed by atoms with Crippen molar-refractivity contribution in [2.24, 2.45) is 5.73 Å². The Kier molecular flexibility index (Phi) is 8.60. The molecule has 0 spiro atoms. The van der Waals surface area contributed by atoms with Gasteiger partial charge in [0.2, 0.25) is 11.8 Å². The van der Waals surface area contributed by atoms with Crippen LogP contribution in [0, 0.1) is 22.7 Å². The summed E-state index contributed by atoms with van der Waals surface area (Å²) in [5, 5.41) is 26.4. The molecule has 0 unspecified atom stereocenters. The summed E-state index contributed by atoms with van der Waals surface area (Å²) in [6.45, 7) is 0. The standard InChI is InChI=1S/C21H18N6O2S.C2HF3O2/c22-8-13-2-1-5-25-20(13)29-16-3-4-19-17(7-16)14(10-26-19)6-18(24)21(28)27-12-30-11-15(27)9-23;3-2(4,5)1(6)7/h1-5,7,10,15,18,26H,6,11-12,24H2;(H,6,7)/t15-,18-;/m0./s1. The van der Waals surface area contributed by atoms with Gasteiger partial charge in [-0.05, 0) is 42.3 Å². The number of nitrogens with zero attached hydrogens (tertiary/aromatic N) is 4. The van der Waals surface area contributed by atoms with Crippen molar-refractivity contribution in [3.05, 3.63) is 53.9 Å². The Hall–Kier alpha value is -4.27. The number of nitrogens with one attached hydrogen (secondary N) is 1. The summed E-state index contributed by atoms with van der Waals surface area (Å²) in [5.74, 6) is -1.12. The lowest BCUT2D eigenvalue weighted by atomic mass is 10.0. The maximum absolute atomic E-state index is 12.7. The number of rotatable bonds is 5. The van der Waals surface area contributed by atoms with Crippen LogP contribution in [-0.4, -0.2) is 61.7 Å². The molecule has 0 saturated carbocycles. The van der Waals surface area contributed by atoms with Gasteiger partial charge >= 0.3 is 12.1 Å². The van der Waals surface area contributed by atoms with Crippen LogP contribution < -0.4 is 10.5 Å². The number of nitriles is 2. The van der Waals surface area contributed by atoms with E-state index in [-0.39, 0.29) is 11.8 Å². The second kappa shape index (κ2) is 11.6. The average Bonchev–Trinajstić information content (AvgIpc) is 3.50. The smallest absolute Gasteiger partial charge is 0.475 e. The fourth-order valence-corrected chi connectivity index (χ4v) is 4.45. The zero-order valence-electron chi connectivity index (χ0n) is 18.9. The number of benzene rings is 1. The van der Waals surface area contributed by atoms with E-state index in [0.29, 0.717) is 29.4 Å². The Morgan fingerprint density at radius 1 is 1.35 bits per heavy atom. The van der Waals surface area contributed by atoms with Gasteiger partial charge in [-0.25, -0.2) is 9.78 Å². The Balaban J connectivity index is 0.000000479. The van der Waals surface area contributed by atoms with Crippen LogP contribution in [0.5, 0.6) is 11.6 Å².